The number of amides is 1. The fourth-order valence-corrected chi connectivity index (χ4v) is 4.12. The van der Waals surface area contributed by atoms with Crippen molar-refractivity contribution in [2.24, 2.45) is 0 Å². The van der Waals surface area contributed by atoms with E-state index < -0.39 is 0 Å². The van der Waals surface area contributed by atoms with Gasteiger partial charge in [-0.25, -0.2) is 9.97 Å². The number of aromatic nitrogens is 3. The number of ether oxygens (including phenoxy) is 1. The largest absolute Gasteiger partial charge is 0.377 e. The molecule has 8 heteroatoms. The van der Waals surface area contributed by atoms with Gasteiger partial charge in [-0.2, -0.15) is 0 Å². The molecule has 3 heterocycles. The molecule has 0 radical (unpaired) electrons. The second kappa shape index (κ2) is 9.70. The zero-order valence-electron chi connectivity index (χ0n) is 20.0. The van der Waals surface area contributed by atoms with Crippen LogP contribution < -0.4 is 4.90 Å². The molecule has 8 nitrogen and oxygen atoms in total. The fourth-order valence-electron chi connectivity index (χ4n) is 4.12. The van der Waals surface area contributed by atoms with Gasteiger partial charge < -0.3 is 19.1 Å². The molecule has 1 unspecified atom stereocenters. The Morgan fingerprint density at radius 3 is 2.64 bits per heavy atom. The number of aryl methyl sites for hydroxylation is 1. The number of hydrogen-bond donors (Lipinski definition) is 0. The first kappa shape index (κ1) is 22.9. The average molecular weight is 450 g/mol. The van der Waals surface area contributed by atoms with Gasteiger partial charge in [0.15, 0.2) is 5.76 Å². The van der Waals surface area contributed by atoms with Gasteiger partial charge in [0.2, 0.25) is 5.95 Å². The Hall–Kier alpha value is -3.26. The predicted octanol–water partition coefficient (Wildman–Crippen LogP) is 4.33. The zero-order valence-corrected chi connectivity index (χ0v) is 20.0. The highest BCUT2D eigenvalue weighted by Gasteiger charge is 2.35. The number of likely N-dealkylation sites (tertiary alicyclic amines) is 1. The van der Waals surface area contributed by atoms with E-state index in [0.29, 0.717) is 37.0 Å². The summed E-state index contributed by atoms with van der Waals surface area (Å²) in [6, 6.07) is 7.50. The van der Waals surface area contributed by atoms with Crippen LogP contribution in [0.3, 0.4) is 0 Å². The summed E-state index contributed by atoms with van der Waals surface area (Å²) in [7, 11) is 3.81. The Labute approximate surface area is 194 Å². The van der Waals surface area contributed by atoms with E-state index in [1.165, 1.54) is 0 Å². The molecule has 174 valence electrons. The minimum atomic E-state index is -0.165. The SMILES string of the molecule is CCOCc1ccc(C(=O)N2CCCC2c2nc(N(C)C)ncc2-c2onc(C)c2C)cc1. The fraction of sp³-hybridized carbons (Fsp3) is 0.440. The van der Waals surface area contributed by atoms with Crippen LogP contribution in [0.4, 0.5) is 5.95 Å². The first-order chi connectivity index (χ1) is 15.9. The van der Waals surface area contributed by atoms with Crippen LogP contribution in [0.15, 0.2) is 35.0 Å². The van der Waals surface area contributed by atoms with E-state index in [1.54, 1.807) is 6.20 Å². The highest BCUT2D eigenvalue weighted by molar-refractivity contribution is 5.94. The van der Waals surface area contributed by atoms with Crippen molar-refractivity contribution < 1.29 is 14.1 Å². The van der Waals surface area contributed by atoms with Gasteiger partial charge in [-0.05, 0) is 51.3 Å². The monoisotopic (exact) mass is 449 g/mol. The van der Waals surface area contributed by atoms with Crippen LogP contribution in [0, 0.1) is 13.8 Å². The molecule has 33 heavy (non-hydrogen) atoms. The lowest BCUT2D eigenvalue weighted by Crippen LogP contribution is -2.31. The third-order valence-corrected chi connectivity index (χ3v) is 6.11. The second-order valence-corrected chi connectivity index (χ2v) is 8.58. The molecule has 1 atom stereocenters. The van der Waals surface area contributed by atoms with Crippen molar-refractivity contribution in [1.29, 1.82) is 0 Å². The van der Waals surface area contributed by atoms with E-state index in [-0.39, 0.29) is 11.9 Å². The first-order valence-corrected chi connectivity index (χ1v) is 11.4. The molecular formula is C25H31N5O3. The molecule has 2 aromatic heterocycles. The molecule has 1 fully saturated rings. The first-order valence-electron chi connectivity index (χ1n) is 11.4. The summed E-state index contributed by atoms with van der Waals surface area (Å²) in [6.07, 6.45) is 3.53. The van der Waals surface area contributed by atoms with Crippen molar-refractivity contribution in [1.82, 2.24) is 20.0 Å². The van der Waals surface area contributed by atoms with Crippen molar-refractivity contribution in [3.63, 3.8) is 0 Å². The number of anilines is 1. The molecule has 1 aliphatic rings. The van der Waals surface area contributed by atoms with Gasteiger partial charge >= 0.3 is 0 Å². The standard InChI is InChI=1S/C25H31N5O3/c1-6-32-15-18-9-11-19(12-10-18)24(31)30-13-7-8-21(30)22-20(14-26-25(27-22)29(4)5)23-16(2)17(3)28-33-23/h9-12,14,21H,6-8,13,15H2,1-5H3. The Morgan fingerprint density at radius 2 is 2.00 bits per heavy atom. The number of hydrogen-bond acceptors (Lipinski definition) is 7. The van der Waals surface area contributed by atoms with Crippen LogP contribution in [-0.4, -0.2) is 53.2 Å². The third kappa shape index (κ3) is 4.61. The quantitative estimate of drug-likeness (QED) is 0.531. The topological polar surface area (TPSA) is 84.6 Å². The minimum absolute atomic E-state index is 0.00176. The van der Waals surface area contributed by atoms with Gasteiger partial charge in [-0.3, -0.25) is 4.79 Å². The molecule has 0 aliphatic carbocycles. The predicted molar refractivity (Wildman–Crippen MR) is 126 cm³/mol. The summed E-state index contributed by atoms with van der Waals surface area (Å²) in [5.41, 5.74) is 5.09. The van der Waals surface area contributed by atoms with Gasteiger partial charge in [-0.15, -0.1) is 0 Å². The maximum Gasteiger partial charge on any atom is 0.254 e. The van der Waals surface area contributed by atoms with Gasteiger partial charge in [-0.1, -0.05) is 17.3 Å². The van der Waals surface area contributed by atoms with Crippen molar-refractivity contribution in [3.05, 3.63) is 58.5 Å². The number of nitrogens with zero attached hydrogens (tertiary/aromatic N) is 5. The molecule has 0 saturated carbocycles. The van der Waals surface area contributed by atoms with Crippen LogP contribution in [0.5, 0.6) is 0 Å². The van der Waals surface area contributed by atoms with E-state index in [9.17, 15) is 4.79 Å². The van der Waals surface area contributed by atoms with Crippen LogP contribution >= 0.6 is 0 Å². The third-order valence-electron chi connectivity index (χ3n) is 6.11. The lowest BCUT2D eigenvalue weighted by Gasteiger charge is -2.26. The normalized spacial score (nSPS) is 15.8. The second-order valence-electron chi connectivity index (χ2n) is 8.58. The van der Waals surface area contributed by atoms with Crippen LogP contribution in [0.2, 0.25) is 0 Å². The number of carbonyl (C=O) groups is 1. The van der Waals surface area contributed by atoms with Crippen LogP contribution in [0.1, 0.15) is 58.7 Å². The molecule has 0 N–H and O–H groups in total. The molecule has 1 amide bonds. The highest BCUT2D eigenvalue weighted by atomic mass is 16.5. The molecule has 1 aliphatic heterocycles. The Balaban J connectivity index is 1.69. The van der Waals surface area contributed by atoms with Crippen molar-refractivity contribution in [2.75, 3.05) is 32.1 Å². The molecular weight excluding hydrogens is 418 g/mol. The zero-order chi connectivity index (χ0) is 23.5. The molecule has 3 aromatic rings. The average Bonchev–Trinajstić information content (AvgIpc) is 3.44. The maximum absolute atomic E-state index is 13.5. The number of rotatable bonds is 7. The van der Waals surface area contributed by atoms with E-state index in [4.69, 9.17) is 14.2 Å². The lowest BCUT2D eigenvalue weighted by molar-refractivity contribution is 0.0733. The van der Waals surface area contributed by atoms with E-state index in [1.807, 2.05) is 68.9 Å². The molecule has 0 spiro atoms. The summed E-state index contributed by atoms with van der Waals surface area (Å²) in [6.45, 7) is 7.75. The molecule has 1 saturated heterocycles. The molecule has 1 aromatic carbocycles. The maximum atomic E-state index is 13.5. The van der Waals surface area contributed by atoms with Gasteiger partial charge in [0, 0.05) is 44.6 Å². The highest BCUT2D eigenvalue weighted by Crippen LogP contribution is 2.39. The smallest absolute Gasteiger partial charge is 0.254 e. The van der Waals surface area contributed by atoms with Crippen molar-refractivity contribution in [3.8, 4) is 11.3 Å². The molecule has 4 rings (SSSR count). The molecule has 0 bridgehead atoms. The van der Waals surface area contributed by atoms with Crippen LogP contribution in [0.25, 0.3) is 11.3 Å². The van der Waals surface area contributed by atoms with Gasteiger partial charge in [0.1, 0.15) is 0 Å². The van der Waals surface area contributed by atoms with E-state index in [0.717, 1.165) is 40.9 Å². The Bertz CT molecular complexity index is 1120. The summed E-state index contributed by atoms with van der Waals surface area (Å²) >= 11 is 0. The summed E-state index contributed by atoms with van der Waals surface area (Å²) in [4.78, 5) is 26.7. The Morgan fingerprint density at radius 1 is 1.24 bits per heavy atom. The summed E-state index contributed by atoms with van der Waals surface area (Å²) in [5, 5.41) is 4.12. The van der Waals surface area contributed by atoms with E-state index >= 15 is 0 Å². The summed E-state index contributed by atoms with van der Waals surface area (Å²) < 4.78 is 11.1. The van der Waals surface area contributed by atoms with Crippen molar-refractivity contribution in [2.45, 2.75) is 46.3 Å². The summed E-state index contributed by atoms with van der Waals surface area (Å²) in [5.74, 6) is 1.26. The Kier molecular flexibility index (Phi) is 6.74. The van der Waals surface area contributed by atoms with Gasteiger partial charge in [0.25, 0.3) is 5.91 Å². The van der Waals surface area contributed by atoms with Gasteiger partial charge in [0.05, 0.1) is 29.6 Å². The van der Waals surface area contributed by atoms with Crippen LogP contribution in [-0.2, 0) is 11.3 Å². The minimum Gasteiger partial charge on any atom is -0.377 e. The number of carbonyl (C=O) groups excluding carboxylic acids is 1. The van der Waals surface area contributed by atoms with Crippen molar-refractivity contribution >= 4 is 11.9 Å². The van der Waals surface area contributed by atoms with E-state index in [2.05, 4.69) is 10.1 Å². The number of benzene rings is 1. The lowest BCUT2D eigenvalue weighted by atomic mass is 10.0.